The normalized spacial score (nSPS) is 23.7. The first kappa shape index (κ1) is 17.0. The highest BCUT2D eigenvalue weighted by Crippen LogP contribution is 2.37. The molecule has 1 saturated heterocycles. The van der Waals surface area contributed by atoms with Crippen molar-refractivity contribution in [3.8, 4) is 0 Å². The van der Waals surface area contributed by atoms with E-state index in [2.05, 4.69) is 33.2 Å². The summed E-state index contributed by atoms with van der Waals surface area (Å²) in [5, 5.41) is 2.77. The van der Waals surface area contributed by atoms with Gasteiger partial charge in [-0.05, 0) is 31.4 Å². The Morgan fingerprint density at radius 1 is 1.27 bits per heavy atom. The predicted molar refractivity (Wildman–Crippen MR) is 98.3 cm³/mol. The fourth-order valence-electron chi connectivity index (χ4n) is 3.69. The minimum atomic E-state index is -3.04. The van der Waals surface area contributed by atoms with Crippen LogP contribution in [0.15, 0.2) is 36.7 Å². The van der Waals surface area contributed by atoms with E-state index < -0.39 is 9.84 Å². The molecule has 2 unspecified atom stereocenters. The van der Waals surface area contributed by atoms with Crippen molar-refractivity contribution < 1.29 is 13.2 Å². The monoisotopic (exact) mass is 372 g/mol. The molecule has 2 atom stereocenters. The molecule has 0 aliphatic carbocycles. The van der Waals surface area contributed by atoms with Crippen molar-refractivity contribution in [2.45, 2.75) is 31.8 Å². The molecule has 2 aliphatic rings. The third-order valence-electron chi connectivity index (χ3n) is 4.91. The highest BCUT2D eigenvalue weighted by atomic mass is 32.2. The highest BCUT2D eigenvalue weighted by Gasteiger charge is 2.31. The Balaban J connectivity index is 1.57. The van der Waals surface area contributed by atoms with Crippen LogP contribution in [-0.2, 0) is 16.3 Å². The summed E-state index contributed by atoms with van der Waals surface area (Å²) >= 11 is 0. The maximum absolute atomic E-state index is 12.5. The second-order valence-electron chi connectivity index (χ2n) is 6.89. The number of sulfone groups is 1. The first-order chi connectivity index (χ1) is 12.4. The number of carbonyl (C=O) groups is 1. The van der Waals surface area contributed by atoms with Gasteiger partial charge in [-0.15, -0.1) is 0 Å². The number of rotatable bonds is 3. The van der Waals surface area contributed by atoms with Gasteiger partial charge >= 0.3 is 0 Å². The minimum Gasteiger partial charge on any atom is -0.347 e. The summed E-state index contributed by atoms with van der Waals surface area (Å²) in [5.74, 6) is 0.417. The maximum Gasteiger partial charge on any atom is 0.270 e. The van der Waals surface area contributed by atoms with E-state index in [1.807, 2.05) is 18.2 Å². The lowest BCUT2D eigenvalue weighted by molar-refractivity contribution is 0.0936. The van der Waals surface area contributed by atoms with E-state index in [1.54, 1.807) is 6.07 Å². The van der Waals surface area contributed by atoms with Crippen LogP contribution < -0.4 is 10.2 Å². The Morgan fingerprint density at radius 2 is 2.08 bits per heavy atom. The van der Waals surface area contributed by atoms with E-state index in [9.17, 15) is 13.2 Å². The highest BCUT2D eigenvalue weighted by molar-refractivity contribution is 7.91. The average molecular weight is 372 g/mol. The van der Waals surface area contributed by atoms with Crippen LogP contribution in [0.2, 0.25) is 0 Å². The van der Waals surface area contributed by atoms with E-state index >= 15 is 0 Å². The van der Waals surface area contributed by atoms with Crippen LogP contribution in [0, 0.1) is 0 Å². The second kappa shape index (κ2) is 6.35. The van der Waals surface area contributed by atoms with Crippen molar-refractivity contribution in [3.05, 3.63) is 47.9 Å². The van der Waals surface area contributed by atoms with Gasteiger partial charge < -0.3 is 10.2 Å². The van der Waals surface area contributed by atoms with Crippen LogP contribution in [0.3, 0.4) is 0 Å². The van der Waals surface area contributed by atoms with Gasteiger partial charge in [0.25, 0.3) is 5.91 Å². The number of nitrogens with one attached hydrogen (secondary N) is 1. The molecule has 0 radical (unpaired) electrons. The Labute approximate surface area is 152 Å². The van der Waals surface area contributed by atoms with Gasteiger partial charge in [-0.25, -0.2) is 18.4 Å². The molecule has 2 aromatic rings. The molecule has 26 heavy (non-hydrogen) atoms. The molecule has 1 aromatic heterocycles. The number of carbonyl (C=O) groups excluding carboxylic acids is 1. The summed E-state index contributed by atoms with van der Waals surface area (Å²) in [6, 6.07) is 9.70. The molecule has 1 aromatic carbocycles. The number of amides is 1. The van der Waals surface area contributed by atoms with Gasteiger partial charge in [0.05, 0.1) is 11.5 Å². The molecule has 136 valence electrons. The van der Waals surface area contributed by atoms with Crippen molar-refractivity contribution in [1.29, 1.82) is 0 Å². The van der Waals surface area contributed by atoms with Gasteiger partial charge in [0.2, 0.25) is 0 Å². The van der Waals surface area contributed by atoms with Crippen molar-refractivity contribution in [3.63, 3.8) is 0 Å². The quantitative estimate of drug-likeness (QED) is 0.877. The van der Waals surface area contributed by atoms with E-state index in [4.69, 9.17) is 0 Å². The molecule has 1 N–H and O–H groups in total. The lowest BCUT2D eigenvalue weighted by atomic mass is 10.1. The summed E-state index contributed by atoms with van der Waals surface area (Å²) in [6.45, 7) is 2.12. The van der Waals surface area contributed by atoms with E-state index in [1.165, 1.54) is 11.9 Å². The lowest BCUT2D eigenvalue weighted by Gasteiger charge is -2.24. The van der Waals surface area contributed by atoms with E-state index in [-0.39, 0.29) is 35.2 Å². The van der Waals surface area contributed by atoms with Crippen LogP contribution in [0.5, 0.6) is 0 Å². The molecule has 2 aliphatic heterocycles. The Bertz CT molecular complexity index is 960. The Morgan fingerprint density at radius 3 is 2.85 bits per heavy atom. The molecule has 1 amide bonds. The predicted octanol–water partition coefficient (Wildman–Crippen LogP) is 1.48. The lowest BCUT2D eigenvalue weighted by Crippen LogP contribution is -2.36. The number of hydrogen-bond acceptors (Lipinski definition) is 6. The third kappa shape index (κ3) is 3.16. The van der Waals surface area contributed by atoms with Crippen molar-refractivity contribution >= 4 is 27.2 Å². The zero-order chi connectivity index (χ0) is 18.3. The summed E-state index contributed by atoms with van der Waals surface area (Å²) in [6.07, 6.45) is 2.74. The molecule has 0 spiro atoms. The maximum atomic E-state index is 12.5. The molecular weight excluding hydrogens is 352 g/mol. The van der Waals surface area contributed by atoms with Gasteiger partial charge in [-0.1, -0.05) is 18.2 Å². The van der Waals surface area contributed by atoms with Crippen LogP contribution in [-0.4, -0.2) is 47.9 Å². The van der Waals surface area contributed by atoms with Crippen molar-refractivity contribution in [2.24, 2.45) is 0 Å². The van der Waals surface area contributed by atoms with Gasteiger partial charge in [-0.3, -0.25) is 4.79 Å². The summed E-state index contributed by atoms with van der Waals surface area (Å²) in [4.78, 5) is 23.0. The number of anilines is 2. The van der Waals surface area contributed by atoms with Gasteiger partial charge in [0.15, 0.2) is 9.84 Å². The molecule has 8 heteroatoms. The standard InChI is InChI=1S/C18H20N4O3S/c1-12-8-13-4-2-3-5-16(13)22(12)17-9-15(19-11-20-17)18(23)21-14-6-7-26(24,25)10-14/h2-5,9,11-12,14H,6-8,10H2,1H3,(H,21,23). The summed E-state index contributed by atoms with van der Waals surface area (Å²) in [7, 11) is -3.04. The van der Waals surface area contributed by atoms with Crippen molar-refractivity contribution in [1.82, 2.24) is 15.3 Å². The molecule has 1 fully saturated rings. The van der Waals surface area contributed by atoms with Gasteiger partial charge in [0.1, 0.15) is 17.8 Å². The molecule has 4 rings (SSSR count). The summed E-state index contributed by atoms with van der Waals surface area (Å²) in [5.41, 5.74) is 2.59. The number of nitrogens with zero attached hydrogens (tertiary/aromatic N) is 3. The number of aromatic nitrogens is 2. The molecule has 0 saturated carbocycles. The zero-order valence-electron chi connectivity index (χ0n) is 14.4. The first-order valence-electron chi connectivity index (χ1n) is 8.63. The van der Waals surface area contributed by atoms with Gasteiger partial charge in [0, 0.05) is 23.8 Å². The second-order valence-corrected chi connectivity index (χ2v) is 9.12. The summed E-state index contributed by atoms with van der Waals surface area (Å²) < 4.78 is 23.1. The largest absolute Gasteiger partial charge is 0.347 e. The molecule has 3 heterocycles. The minimum absolute atomic E-state index is 0.00673. The number of fused-ring (bicyclic) bond motifs is 1. The zero-order valence-corrected chi connectivity index (χ0v) is 15.2. The number of para-hydroxylation sites is 1. The molecule has 7 nitrogen and oxygen atoms in total. The third-order valence-corrected chi connectivity index (χ3v) is 6.67. The van der Waals surface area contributed by atoms with Gasteiger partial charge in [-0.2, -0.15) is 0 Å². The van der Waals surface area contributed by atoms with Crippen molar-refractivity contribution in [2.75, 3.05) is 16.4 Å². The fraction of sp³-hybridized carbons (Fsp3) is 0.389. The number of benzene rings is 1. The van der Waals surface area contributed by atoms with Crippen LogP contribution in [0.25, 0.3) is 0 Å². The average Bonchev–Trinajstić information content (AvgIpc) is 3.12. The number of hydrogen-bond donors (Lipinski definition) is 1. The SMILES string of the molecule is CC1Cc2ccccc2N1c1cc(C(=O)NC2CCS(=O)(=O)C2)ncn1. The van der Waals surface area contributed by atoms with Crippen LogP contribution in [0.4, 0.5) is 11.5 Å². The topological polar surface area (TPSA) is 92.3 Å². The smallest absolute Gasteiger partial charge is 0.270 e. The Hall–Kier alpha value is -2.48. The Kier molecular flexibility index (Phi) is 4.14. The fourth-order valence-corrected chi connectivity index (χ4v) is 5.36. The van der Waals surface area contributed by atoms with Crippen LogP contribution in [0.1, 0.15) is 29.4 Å². The van der Waals surface area contributed by atoms with E-state index in [0.717, 1.165) is 12.1 Å². The molecule has 0 bridgehead atoms. The van der Waals surface area contributed by atoms with Crippen LogP contribution >= 0.6 is 0 Å². The first-order valence-corrected chi connectivity index (χ1v) is 10.5. The van der Waals surface area contributed by atoms with E-state index in [0.29, 0.717) is 12.2 Å². The molecular formula is C18H20N4O3S.